The maximum absolute atomic E-state index is 6.20. The second kappa shape index (κ2) is 11.2. The second-order valence-electron chi connectivity index (χ2n) is 10.8. The van der Waals surface area contributed by atoms with Crippen LogP contribution in [0.3, 0.4) is 0 Å². The quantitative estimate of drug-likeness (QED) is 0.397. The third kappa shape index (κ3) is 7.11. The van der Waals surface area contributed by atoms with E-state index in [9.17, 15) is 0 Å². The largest absolute Gasteiger partial charge is 0.462 e. The molecule has 2 aliphatic heterocycles. The van der Waals surface area contributed by atoms with E-state index in [4.69, 9.17) is 31.1 Å². The number of hydrazine groups is 1. The molecule has 0 fully saturated rings. The van der Waals surface area contributed by atoms with Crippen LogP contribution in [0, 0.1) is 0 Å². The van der Waals surface area contributed by atoms with Crippen molar-refractivity contribution in [2.75, 3.05) is 13.2 Å². The molecule has 2 heterocycles. The van der Waals surface area contributed by atoms with Gasteiger partial charge >= 0.3 is 12.0 Å². The van der Waals surface area contributed by atoms with E-state index in [-0.39, 0.29) is 12.1 Å². The number of rotatable bonds is 8. The van der Waals surface area contributed by atoms with Crippen LogP contribution in [0.15, 0.2) is 64.6 Å². The van der Waals surface area contributed by atoms with Gasteiger partial charge in [-0.3, -0.25) is 0 Å². The van der Waals surface area contributed by atoms with Gasteiger partial charge in [0.1, 0.15) is 13.2 Å². The smallest absolute Gasteiger partial charge is 0.304 e. The number of ether oxygens (including phenoxy) is 2. The SMILES string of the molecule is C[Si](C)(CCC1COC(NNC2=NC(CC[Si](C)(C)c3cccc(Cl)c3)CO2)=N1)c1ccccc1. The minimum atomic E-state index is -1.57. The van der Waals surface area contributed by atoms with E-state index in [1.807, 2.05) is 12.1 Å². The van der Waals surface area contributed by atoms with Crippen LogP contribution in [0.25, 0.3) is 0 Å². The van der Waals surface area contributed by atoms with Gasteiger partial charge in [0.15, 0.2) is 0 Å². The summed E-state index contributed by atoms with van der Waals surface area (Å²) in [4.78, 5) is 9.40. The predicted octanol–water partition coefficient (Wildman–Crippen LogP) is 4.26. The Bertz CT molecular complexity index is 1060. The summed E-state index contributed by atoms with van der Waals surface area (Å²) >= 11 is 6.20. The summed E-state index contributed by atoms with van der Waals surface area (Å²) in [6.07, 6.45) is 2.03. The fourth-order valence-corrected chi connectivity index (χ4v) is 9.67. The molecule has 0 amide bonds. The Balaban J connectivity index is 1.21. The monoisotopic (exact) mass is 528 g/mol. The lowest BCUT2D eigenvalue weighted by atomic mass is 10.3. The molecule has 0 saturated carbocycles. The summed E-state index contributed by atoms with van der Waals surface area (Å²) in [5.74, 6) is 0. The molecular formula is C26H37ClN4O2Si2. The first-order chi connectivity index (χ1) is 16.7. The number of aliphatic imine (C=N–C) groups is 2. The van der Waals surface area contributed by atoms with Gasteiger partial charge < -0.3 is 9.47 Å². The number of hydrogen-bond donors (Lipinski definition) is 2. The topological polar surface area (TPSA) is 67.2 Å². The zero-order valence-corrected chi connectivity index (χ0v) is 23.9. The van der Waals surface area contributed by atoms with Crippen molar-refractivity contribution < 1.29 is 9.47 Å². The third-order valence-corrected chi connectivity index (χ3v) is 14.2. The average molecular weight is 529 g/mol. The van der Waals surface area contributed by atoms with E-state index in [1.165, 1.54) is 16.4 Å². The summed E-state index contributed by atoms with van der Waals surface area (Å²) in [5, 5.41) is 3.69. The van der Waals surface area contributed by atoms with Gasteiger partial charge in [0, 0.05) is 5.02 Å². The summed E-state index contributed by atoms with van der Waals surface area (Å²) in [6, 6.07) is 22.8. The third-order valence-electron chi connectivity index (χ3n) is 7.07. The molecule has 0 saturated heterocycles. The molecule has 0 bridgehead atoms. The number of halogens is 1. The van der Waals surface area contributed by atoms with Crippen molar-refractivity contribution in [3.05, 3.63) is 59.6 Å². The fraction of sp³-hybridized carbons (Fsp3) is 0.462. The first-order valence-corrected chi connectivity index (χ1v) is 19.3. The summed E-state index contributed by atoms with van der Waals surface area (Å²) < 4.78 is 11.5. The molecule has 0 aliphatic carbocycles. The maximum Gasteiger partial charge on any atom is 0.304 e. The average Bonchev–Trinajstić information content (AvgIpc) is 3.50. The predicted molar refractivity (Wildman–Crippen MR) is 152 cm³/mol. The van der Waals surface area contributed by atoms with Crippen molar-refractivity contribution in [3.63, 3.8) is 0 Å². The van der Waals surface area contributed by atoms with Crippen LogP contribution in [-0.2, 0) is 9.47 Å². The first kappa shape index (κ1) is 25.8. The Hall–Kier alpha value is -2.30. The highest BCUT2D eigenvalue weighted by atomic mass is 35.5. The van der Waals surface area contributed by atoms with E-state index < -0.39 is 16.1 Å². The highest BCUT2D eigenvalue weighted by Gasteiger charge is 2.29. The van der Waals surface area contributed by atoms with Gasteiger partial charge in [-0.25, -0.2) is 20.8 Å². The number of hydrogen-bond acceptors (Lipinski definition) is 6. The van der Waals surface area contributed by atoms with Crippen LogP contribution in [0.1, 0.15) is 12.8 Å². The van der Waals surface area contributed by atoms with Gasteiger partial charge in [-0.15, -0.1) is 0 Å². The van der Waals surface area contributed by atoms with Crippen molar-refractivity contribution in [3.8, 4) is 0 Å². The number of nitrogens with one attached hydrogen (secondary N) is 2. The molecule has 2 N–H and O–H groups in total. The lowest BCUT2D eigenvalue weighted by molar-refractivity contribution is 0.286. The van der Waals surface area contributed by atoms with E-state index in [1.54, 1.807) is 0 Å². The molecule has 0 radical (unpaired) electrons. The summed E-state index contributed by atoms with van der Waals surface area (Å²) in [6.45, 7) is 10.8. The molecule has 4 rings (SSSR count). The van der Waals surface area contributed by atoms with E-state index in [0.717, 1.165) is 23.9 Å². The van der Waals surface area contributed by atoms with Gasteiger partial charge in [0.25, 0.3) is 0 Å². The molecule has 6 nitrogen and oxygen atoms in total. The van der Waals surface area contributed by atoms with Crippen LogP contribution in [-0.4, -0.2) is 53.5 Å². The molecule has 2 aromatic rings. The van der Waals surface area contributed by atoms with Crippen molar-refractivity contribution in [2.24, 2.45) is 9.98 Å². The summed E-state index contributed by atoms with van der Waals surface area (Å²) in [5.41, 5.74) is 6.07. The lowest BCUT2D eigenvalue weighted by Crippen LogP contribution is -2.42. The first-order valence-electron chi connectivity index (χ1n) is 12.5. The van der Waals surface area contributed by atoms with Crippen molar-refractivity contribution in [1.29, 1.82) is 0 Å². The molecular weight excluding hydrogens is 492 g/mol. The Labute approximate surface area is 216 Å². The van der Waals surface area contributed by atoms with Gasteiger partial charge in [-0.1, -0.05) is 103 Å². The lowest BCUT2D eigenvalue weighted by Gasteiger charge is -2.23. The number of nitrogens with zero attached hydrogens (tertiary/aromatic N) is 2. The van der Waals surface area contributed by atoms with Crippen LogP contribution in [0.2, 0.25) is 43.3 Å². The van der Waals surface area contributed by atoms with Crippen LogP contribution >= 0.6 is 11.6 Å². The summed E-state index contributed by atoms with van der Waals surface area (Å²) in [7, 11) is -3.04. The van der Waals surface area contributed by atoms with Gasteiger partial charge in [-0.2, -0.15) is 0 Å². The van der Waals surface area contributed by atoms with E-state index in [0.29, 0.717) is 25.3 Å². The van der Waals surface area contributed by atoms with Gasteiger partial charge in [0.05, 0.1) is 28.2 Å². The Morgan fingerprint density at radius 3 is 1.83 bits per heavy atom. The minimum absolute atomic E-state index is 0.162. The van der Waals surface area contributed by atoms with Crippen LogP contribution < -0.4 is 21.2 Å². The fourth-order valence-electron chi connectivity index (χ4n) is 4.51. The zero-order valence-electron chi connectivity index (χ0n) is 21.2. The highest BCUT2D eigenvalue weighted by Crippen LogP contribution is 2.20. The molecule has 0 spiro atoms. The molecule has 2 atom stereocenters. The van der Waals surface area contributed by atoms with Crippen LogP contribution in [0.4, 0.5) is 0 Å². The highest BCUT2D eigenvalue weighted by molar-refractivity contribution is 6.90. The Morgan fingerprint density at radius 1 is 0.771 bits per heavy atom. The molecule has 9 heteroatoms. The zero-order chi connectivity index (χ0) is 24.9. The molecule has 35 heavy (non-hydrogen) atoms. The number of benzene rings is 2. The van der Waals surface area contributed by atoms with Crippen molar-refractivity contribution in [2.45, 2.75) is 63.2 Å². The normalized spacial score (nSPS) is 20.0. The minimum Gasteiger partial charge on any atom is -0.462 e. The standard InChI is InChI=1S/C26H37ClN4O2Si2/c1-34(2,23-10-6-5-7-11-23)15-13-21-18-32-25(28-21)30-31-26-29-22(19-33-26)14-16-35(3,4)24-12-8-9-20(27)17-24/h5-12,17,21-22H,13-16,18-19H2,1-4H3,(H,28,30)(H,29,31). The van der Waals surface area contributed by atoms with Crippen molar-refractivity contribution in [1.82, 2.24) is 10.9 Å². The Morgan fingerprint density at radius 2 is 1.29 bits per heavy atom. The van der Waals surface area contributed by atoms with E-state index >= 15 is 0 Å². The van der Waals surface area contributed by atoms with Gasteiger partial charge in [0.2, 0.25) is 0 Å². The molecule has 2 aliphatic rings. The molecule has 2 aromatic carbocycles. The maximum atomic E-state index is 6.20. The van der Waals surface area contributed by atoms with Crippen LogP contribution in [0.5, 0.6) is 0 Å². The second-order valence-corrected chi connectivity index (χ2v) is 20.9. The van der Waals surface area contributed by atoms with E-state index in [2.05, 4.69) is 79.5 Å². The molecule has 2 unspecified atom stereocenters. The number of amidine groups is 2. The van der Waals surface area contributed by atoms with Crippen molar-refractivity contribution >= 4 is 50.2 Å². The molecule has 188 valence electrons. The Kier molecular flexibility index (Phi) is 8.24. The molecule has 0 aromatic heterocycles. The van der Waals surface area contributed by atoms with Gasteiger partial charge in [-0.05, 0) is 25.0 Å².